The molecule has 1 atom stereocenters. The van der Waals surface area contributed by atoms with Crippen LogP contribution in [-0.4, -0.2) is 50.5 Å². The Labute approximate surface area is 255 Å². The lowest BCUT2D eigenvalue weighted by atomic mass is 10.0. The zero-order valence-corrected chi connectivity index (χ0v) is 26.5. The third kappa shape index (κ3) is 9.88. The summed E-state index contributed by atoms with van der Waals surface area (Å²) in [4.78, 5) is 29.1. The number of amides is 2. The van der Waals surface area contributed by atoms with E-state index in [0.717, 1.165) is 35.1 Å². The monoisotopic (exact) mass is 611 g/mol. The molecule has 9 heteroatoms. The molecular formula is C33H42ClN3O4S. The van der Waals surface area contributed by atoms with Gasteiger partial charge in [0.2, 0.25) is 21.8 Å². The highest BCUT2D eigenvalue weighted by molar-refractivity contribution is 7.92. The molecule has 0 fully saturated rings. The van der Waals surface area contributed by atoms with Crippen LogP contribution in [0.5, 0.6) is 0 Å². The highest BCUT2D eigenvalue weighted by atomic mass is 35.5. The highest BCUT2D eigenvalue weighted by Gasteiger charge is 2.30. The second-order valence-corrected chi connectivity index (χ2v) is 13.0. The van der Waals surface area contributed by atoms with Crippen LogP contribution in [0.25, 0.3) is 0 Å². The van der Waals surface area contributed by atoms with Crippen LogP contribution in [0.2, 0.25) is 5.02 Å². The Morgan fingerprint density at radius 1 is 0.905 bits per heavy atom. The van der Waals surface area contributed by atoms with E-state index in [0.29, 0.717) is 30.1 Å². The quantitative estimate of drug-likeness (QED) is 0.212. The summed E-state index contributed by atoms with van der Waals surface area (Å²) in [5, 5.41) is 3.60. The Hall–Kier alpha value is -3.36. The Balaban J connectivity index is 1.87. The first-order valence-corrected chi connectivity index (χ1v) is 16.6. The van der Waals surface area contributed by atoms with Gasteiger partial charge in [0.1, 0.15) is 6.04 Å². The topological polar surface area (TPSA) is 86.8 Å². The molecule has 2 amide bonds. The molecule has 7 nitrogen and oxygen atoms in total. The van der Waals surface area contributed by atoms with Gasteiger partial charge in [0.05, 0.1) is 11.9 Å². The normalized spacial score (nSPS) is 12.0. The fourth-order valence-corrected chi connectivity index (χ4v) is 5.81. The number of hydrogen-bond acceptors (Lipinski definition) is 4. The van der Waals surface area contributed by atoms with Gasteiger partial charge in [-0.1, -0.05) is 73.5 Å². The Kier molecular flexibility index (Phi) is 12.4. The third-order valence-corrected chi connectivity index (χ3v) is 8.74. The van der Waals surface area contributed by atoms with Gasteiger partial charge in [0.15, 0.2) is 0 Å². The number of unbranched alkanes of at least 4 members (excludes halogenated alkanes) is 1. The fraction of sp³-hybridized carbons (Fsp3) is 0.394. The molecule has 0 spiro atoms. The van der Waals surface area contributed by atoms with E-state index in [4.69, 9.17) is 11.6 Å². The van der Waals surface area contributed by atoms with Crippen molar-refractivity contribution in [3.63, 3.8) is 0 Å². The number of halogens is 1. The minimum absolute atomic E-state index is 0.0813. The molecule has 0 aliphatic carbocycles. The number of anilines is 1. The van der Waals surface area contributed by atoms with Gasteiger partial charge < -0.3 is 10.2 Å². The van der Waals surface area contributed by atoms with Crippen molar-refractivity contribution in [2.24, 2.45) is 0 Å². The van der Waals surface area contributed by atoms with Crippen LogP contribution in [0.3, 0.4) is 0 Å². The smallest absolute Gasteiger partial charge is 0.243 e. The van der Waals surface area contributed by atoms with Crippen molar-refractivity contribution in [1.29, 1.82) is 0 Å². The van der Waals surface area contributed by atoms with Gasteiger partial charge in [-0.25, -0.2) is 8.42 Å². The second kappa shape index (κ2) is 15.8. The number of nitrogens with one attached hydrogen (secondary N) is 1. The van der Waals surface area contributed by atoms with Crippen molar-refractivity contribution in [2.45, 2.75) is 65.5 Å². The number of carbonyl (C=O) groups excluding carboxylic acids is 2. The summed E-state index contributed by atoms with van der Waals surface area (Å²) in [5.41, 5.74) is 4.43. The first kappa shape index (κ1) is 33.1. The molecule has 0 aliphatic heterocycles. The summed E-state index contributed by atoms with van der Waals surface area (Å²) < 4.78 is 26.7. The fourth-order valence-electron chi connectivity index (χ4n) is 4.73. The molecule has 0 aliphatic rings. The molecule has 0 aromatic heterocycles. The van der Waals surface area contributed by atoms with Crippen molar-refractivity contribution in [1.82, 2.24) is 10.2 Å². The van der Waals surface area contributed by atoms with Crippen molar-refractivity contribution in [3.05, 3.63) is 100 Å². The minimum Gasteiger partial charge on any atom is -0.354 e. The van der Waals surface area contributed by atoms with Gasteiger partial charge in [-0.05, 0) is 73.2 Å². The van der Waals surface area contributed by atoms with Crippen molar-refractivity contribution in [3.8, 4) is 0 Å². The van der Waals surface area contributed by atoms with Gasteiger partial charge in [-0.2, -0.15) is 0 Å². The summed E-state index contributed by atoms with van der Waals surface area (Å²) >= 11 is 6.11. The van der Waals surface area contributed by atoms with E-state index in [1.165, 1.54) is 10.6 Å². The van der Waals surface area contributed by atoms with E-state index in [-0.39, 0.29) is 31.3 Å². The van der Waals surface area contributed by atoms with Gasteiger partial charge in [0.25, 0.3) is 0 Å². The van der Waals surface area contributed by atoms with Crippen LogP contribution in [0.15, 0.2) is 72.8 Å². The number of hydrogen-bond donors (Lipinski definition) is 1. The van der Waals surface area contributed by atoms with Crippen molar-refractivity contribution in [2.75, 3.05) is 23.7 Å². The Morgan fingerprint density at radius 2 is 1.60 bits per heavy atom. The number of aryl methyl sites for hydroxylation is 2. The second-order valence-electron chi connectivity index (χ2n) is 10.7. The zero-order chi connectivity index (χ0) is 30.7. The lowest BCUT2D eigenvalue weighted by molar-refractivity contribution is -0.141. The van der Waals surface area contributed by atoms with Crippen LogP contribution in [0, 0.1) is 13.8 Å². The Morgan fingerprint density at radius 3 is 2.21 bits per heavy atom. The number of nitrogens with zero attached hydrogens (tertiary/aromatic N) is 2. The lowest BCUT2D eigenvalue weighted by Crippen LogP contribution is -2.50. The predicted molar refractivity (Wildman–Crippen MR) is 171 cm³/mol. The van der Waals surface area contributed by atoms with E-state index in [2.05, 4.69) is 12.2 Å². The van der Waals surface area contributed by atoms with Crippen molar-refractivity contribution >= 4 is 39.1 Å². The molecule has 226 valence electrons. The third-order valence-electron chi connectivity index (χ3n) is 7.30. The molecule has 0 heterocycles. The van der Waals surface area contributed by atoms with E-state index in [1.807, 2.05) is 68.4 Å². The van der Waals surface area contributed by atoms with Gasteiger partial charge in [-0.3, -0.25) is 13.9 Å². The zero-order valence-electron chi connectivity index (χ0n) is 25.0. The molecule has 3 rings (SSSR count). The summed E-state index contributed by atoms with van der Waals surface area (Å²) in [6.45, 7) is 6.87. The molecular weight excluding hydrogens is 570 g/mol. The van der Waals surface area contributed by atoms with E-state index in [9.17, 15) is 18.0 Å². The molecule has 42 heavy (non-hydrogen) atoms. The predicted octanol–water partition coefficient (Wildman–Crippen LogP) is 6.06. The maximum absolute atomic E-state index is 13.9. The maximum atomic E-state index is 13.9. The largest absolute Gasteiger partial charge is 0.354 e. The molecule has 1 N–H and O–H groups in total. The average Bonchev–Trinajstić information content (AvgIpc) is 2.95. The molecule has 0 bridgehead atoms. The Bertz CT molecular complexity index is 1430. The molecule has 3 aromatic carbocycles. The molecule has 3 aromatic rings. The number of carbonyl (C=O) groups is 2. The number of benzene rings is 3. The summed E-state index contributed by atoms with van der Waals surface area (Å²) in [6, 6.07) is 21.7. The highest BCUT2D eigenvalue weighted by Crippen LogP contribution is 2.23. The van der Waals surface area contributed by atoms with Crippen LogP contribution < -0.4 is 9.62 Å². The van der Waals surface area contributed by atoms with Crippen molar-refractivity contribution < 1.29 is 18.0 Å². The minimum atomic E-state index is -3.57. The standard InChI is InChI=1S/C33H42ClN3O4S/c1-5-6-20-35-33(39)31(23-27-11-8-7-9-12-27)36(24-28-15-17-29(34)18-16-28)32(38)13-10-21-37(42(4,40)41)30-19-14-25(2)26(3)22-30/h7-9,11-12,14-19,22,31H,5-6,10,13,20-21,23-24H2,1-4H3,(H,35,39)/t31-/m1/s1. The SMILES string of the molecule is CCCCNC(=O)[C@@H](Cc1ccccc1)N(Cc1ccc(Cl)cc1)C(=O)CCCN(c1ccc(C)c(C)c1)S(C)(=O)=O. The van der Waals surface area contributed by atoms with E-state index in [1.54, 1.807) is 23.1 Å². The molecule has 0 saturated heterocycles. The molecule has 0 saturated carbocycles. The summed E-state index contributed by atoms with van der Waals surface area (Å²) in [5.74, 6) is -0.424. The van der Waals surface area contributed by atoms with Gasteiger partial charge in [0, 0.05) is 37.5 Å². The molecule has 0 unspecified atom stereocenters. The maximum Gasteiger partial charge on any atom is 0.243 e. The van der Waals surface area contributed by atoms with Crippen LogP contribution >= 0.6 is 11.6 Å². The number of sulfonamides is 1. The average molecular weight is 612 g/mol. The first-order chi connectivity index (χ1) is 20.0. The van der Waals surface area contributed by atoms with Crippen LogP contribution in [0.4, 0.5) is 5.69 Å². The lowest BCUT2D eigenvalue weighted by Gasteiger charge is -2.32. The summed E-state index contributed by atoms with van der Waals surface area (Å²) in [6.07, 6.45) is 3.69. The molecule has 0 radical (unpaired) electrons. The van der Waals surface area contributed by atoms with E-state index < -0.39 is 16.1 Å². The van der Waals surface area contributed by atoms with Gasteiger partial charge >= 0.3 is 0 Å². The van der Waals surface area contributed by atoms with Gasteiger partial charge in [-0.15, -0.1) is 0 Å². The summed E-state index contributed by atoms with van der Waals surface area (Å²) in [7, 11) is -3.57. The van der Waals surface area contributed by atoms with Crippen LogP contribution in [0.1, 0.15) is 54.9 Å². The first-order valence-electron chi connectivity index (χ1n) is 14.4. The number of rotatable bonds is 15. The van der Waals surface area contributed by atoms with E-state index >= 15 is 0 Å². The van der Waals surface area contributed by atoms with Crippen LogP contribution in [-0.2, 0) is 32.6 Å².